The van der Waals surface area contributed by atoms with Gasteiger partial charge in [-0.15, -0.1) is 0 Å². The van der Waals surface area contributed by atoms with Crippen molar-refractivity contribution in [2.45, 2.75) is 116 Å². The van der Waals surface area contributed by atoms with Crippen LogP contribution >= 0.6 is 0 Å². The van der Waals surface area contributed by atoms with Crippen molar-refractivity contribution in [1.82, 2.24) is 20.0 Å². The Morgan fingerprint density at radius 1 is 0.621 bits per heavy atom. The maximum Gasteiger partial charge on any atom is 0.320 e. The van der Waals surface area contributed by atoms with E-state index in [0.29, 0.717) is 35.5 Å². The zero-order valence-corrected chi connectivity index (χ0v) is 34.4. The van der Waals surface area contributed by atoms with Crippen molar-refractivity contribution in [3.8, 4) is 0 Å². The normalized spacial score (nSPS) is 30.2. The highest BCUT2D eigenvalue weighted by Crippen LogP contribution is 2.68. The van der Waals surface area contributed by atoms with Crippen LogP contribution in [-0.4, -0.2) is 152 Å². The maximum atomic E-state index is 13.4. The molecular formula is C41H66N4O13. The number of carboxylic acid groups (broad SMARTS) is 6. The van der Waals surface area contributed by atoms with Crippen LogP contribution in [0.1, 0.15) is 104 Å². The number of hydrogen-bond donors (Lipinski definition) is 7. The number of amides is 1. The van der Waals surface area contributed by atoms with E-state index in [1.807, 2.05) is 0 Å². The number of fused-ring (bicyclic) bond motifs is 5. The second kappa shape index (κ2) is 20.4. The molecule has 7 N–H and O–H groups in total. The van der Waals surface area contributed by atoms with Crippen molar-refractivity contribution in [3.05, 3.63) is 0 Å². The lowest BCUT2D eigenvalue weighted by Crippen LogP contribution is -2.55. The first-order chi connectivity index (χ1) is 27.2. The molecule has 0 aromatic heterocycles. The van der Waals surface area contributed by atoms with E-state index in [2.05, 4.69) is 26.1 Å². The molecule has 4 aliphatic carbocycles. The number of hydrogen-bond acceptors (Lipinski definition) is 10. The summed E-state index contributed by atoms with van der Waals surface area (Å²) in [5, 5.41) is 59.9. The summed E-state index contributed by atoms with van der Waals surface area (Å²) in [6.45, 7) is 4.07. The lowest BCUT2D eigenvalue weighted by atomic mass is 9.44. The van der Waals surface area contributed by atoms with E-state index in [-0.39, 0.29) is 68.2 Å². The van der Waals surface area contributed by atoms with Crippen LogP contribution in [0, 0.1) is 46.3 Å². The molecule has 17 heteroatoms. The van der Waals surface area contributed by atoms with E-state index in [1.165, 1.54) is 30.6 Å². The summed E-state index contributed by atoms with van der Waals surface area (Å²) in [6, 6.07) is -1.33. The lowest BCUT2D eigenvalue weighted by molar-refractivity contribution is -0.146. The topological polar surface area (TPSA) is 263 Å². The molecule has 0 radical (unpaired) electrons. The summed E-state index contributed by atoms with van der Waals surface area (Å²) in [6.07, 6.45) is 10.3. The molecule has 0 saturated heterocycles. The van der Waals surface area contributed by atoms with E-state index in [0.717, 1.165) is 48.3 Å². The average Bonchev–Trinajstić information content (AvgIpc) is 3.47. The van der Waals surface area contributed by atoms with E-state index in [4.69, 9.17) is 0 Å². The minimum Gasteiger partial charge on any atom is -0.481 e. The fourth-order valence-electron chi connectivity index (χ4n) is 12.1. The predicted molar refractivity (Wildman–Crippen MR) is 209 cm³/mol. The minimum atomic E-state index is -1.28. The number of aliphatic carboxylic acids is 6. The summed E-state index contributed by atoms with van der Waals surface area (Å²) in [5.74, 6) is -4.14. The van der Waals surface area contributed by atoms with Crippen LogP contribution in [0.4, 0.5) is 0 Å². The molecule has 0 bridgehead atoms. The van der Waals surface area contributed by atoms with Crippen molar-refractivity contribution < 1.29 is 64.2 Å². The minimum absolute atomic E-state index is 0.0532. The van der Waals surface area contributed by atoms with Crippen LogP contribution in [0.25, 0.3) is 0 Å². The summed E-state index contributed by atoms with van der Waals surface area (Å²) >= 11 is 0. The Labute approximate surface area is 340 Å². The van der Waals surface area contributed by atoms with Crippen LogP contribution in [-0.2, 0) is 33.6 Å². The highest BCUT2D eigenvalue weighted by Gasteiger charge is 2.60. The number of carbonyl (C=O) groups excluding carboxylic acids is 1. The SMILES string of the molecule is CC(CCC(=O)O)[C@H]1CCC2C3CC[C@@H]4C[C@@H](NC(=O)CC[C@@H](C(=O)O)N(CCN(CC(=O)O)CC(=O)O)CCN(CC(=O)O)CC(=O)O)CC[C@]4(C)C3CC[C@@]21C. The molecule has 0 aromatic carbocycles. The Hall–Kier alpha value is -3.83. The monoisotopic (exact) mass is 822 g/mol. The van der Waals surface area contributed by atoms with Crippen LogP contribution in [0.2, 0.25) is 0 Å². The number of carboxylic acids is 6. The average molecular weight is 823 g/mol. The highest BCUT2D eigenvalue weighted by molar-refractivity contribution is 5.79. The van der Waals surface area contributed by atoms with Gasteiger partial charge in [0.1, 0.15) is 6.04 Å². The summed E-state index contributed by atoms with van der Waals surface area (Å²) in [7, 11) is 0. The molecule has 4 unspecified atom stereocenters. The molecule has 4 fully saturated rings. The van der Waals surface area contributed by atoms with E-state index in [1.54, 1.807) is 0 Å². The third kappa shape index (κ3) is 12.1. The molecule has 4 rings (SSSR count). The van der Waals surface area contributed by atoms with Gasteiger partial charge < -0.3 is 36.0 Å². The molecule has 58 heavy (non-hydrogen) atoms. The molecule has 0 heterocycles. The zero-order chi connectivity index (χ0) is 42.9. The molecule has 0 aliphatic heterocycles. The quantitative estimate of drug-likeness (QED) is 0.0738. The number of nitrogens with zero attached hydrogens (tertiary/aromatic N) is 3. The first-order valence-electron chi connectivity index (χ1n) is 21.0. The van der Waals surface area contributed by atoms with Gasteiger partial charge in [0.05, 0.1) is 26.2 Å². The van der Waals surface area contributed by atoms with Gasteiger partial charge >= 0.3 is 35.8 Å². The fraction of sp³-hybridized carbons (Fsp3) is 0.829. The molecule has 17 nitrogen and oxygen atoms in total. The summed E-state index contributed by atoms with van der Waals surface area (Å²) in [5.41, 5.74) is 0.404. The lowest BCUT2D eigenvalue weighted by Gasteiger charge is -2.61. The largest absolute Gasteiger partial charge is 0.481 e. The Kier molecular flexibility index (Phi) is 16.5. The van der Waals surface area contributed by atoms with Crippen molar-refractivity contribution in [1.29, 1.82) is 0 Å². The first kappa shape index (κ1) is 46.9. The summed E-state index contributed by atoms with van der Waals surface area (Å²) < 4.78 is 0. The van der Waals surface area contributed by atoms with Crippen LogP contribution < -0.4 is 5.32 Å². The van der Waals surface area contributed by atoms with Crippen molar-refractivity contribution in [3.63, 3.8) is 0 Å². The Morgan fingerprint density at radius 2 is 1.16 bits per heavy atom. The number of nitrogens with one attached hydrogen (secondary N) is 1. The third-order valence-electron chi connectivity index (χ3n) is 14.8. The van der Waals surface area contributed by atoms with Crippen LogP contribution in [0.5, 0.6) is 0 Å². The third-order valence-corrected chi connectivity index (χ3v) is 14.8. The summed E-state index contributed by atoms with van der Waals surface area (Å²) in [4.78, 5) is 86.6. The van der Waals surface area contributed by atoms with Gasteiger partial charge in [-0.25, -0.2) is 0 Å². The van der Waals surface area contributed by atoms with Gasteiger partial charge in [0, 0.05) is 45.1 Å². The second-order valence-corrected chi connectivity index (χ2v) is 18.3. The molecule has 0 spiro atoms. The van der Waals surface area contributed by atoms with Crippen LogP contribution in [0.3, 0.4) is 0 Å². The predicted octanol–water partition coefficient (Wildman–Crippen LogP) is 3.11. The zero-order valence-electron chi connectivity index (χ0n) is 34.4. The van der Waals surface area contributed by atoms with Crippen LogP contribution in [0.15, 0.2) is 0 Å². The maximum absolute atomic E-state index is 13.4. The molecular weight excluding hydrogens is 756 g/mol. The second-order valence-electron chi connectivity index (χ2n) is 18.3. The van der Waals surface area contributed by atoms with E-state index >= 15 is 0 Å². The van der Waals surface area contributed by atoms with E-state index in [9.17, 15) is 64.2 Å². The van der Waals surface area contributed by atoms with Gasteiger partial charge in [-0.2, -0.15) is 0 Å². The molecule has 4 aliphatic rings. The molecule has 328 valence electrons. The van der Waals surface area contributed by atoms with Crippen molar-refractivity contribution >= 4 is 41.7 Å². The van der Waals surface area contributed by atoms with E-state index < -0.39 is 68.0 Å². The fourth-order valence-corrected chi connectivity index (χ4v) is 12.1. The van der Waals surface area contributed by atoms with Gasteiger partial charge in [-0.3, -0.25) is 48.3 Å². The van der Waals surface area contributed by atoms with Gasteiger partial charge in [0.2, 0.25) is 5.91 Å². The highest BCUT2D eigenvalue weighted by atomic mass is 16.4. The van der Waals surface area contributed by atoms with Crippen molar-refractivity contribution in [2.24, 2.45) is 46.3 Å². The molecule has 10 atom stereocenters. The van der Waals surface area contributed by atoms with Gasteiger partial charge in [-0.05, 0) is 117 Å². The smallest absolute Gasteiger partial charge is 0.320 e. The number of rotatable bonds is 24. The Bertz CT molecular complexity index is 1440. The molecule has 1 amide bonds. The molecule has 4 saturated carbocycles. The molecule has 0 aromatic rings. The standard InChI is InChI=1S/C41H66N4O13/c1-25(4-11-34(47)48)29-7-8-30-28-6-5-26-20-27(12-14-40(26,2)31(28)13-15-41(29,30)3)42-33(46)10-9-32(39(57)58)45(18-16-43(21-35(49)50)22-36(51)52)19-17-44(23-37(53)54)24-38(55)56/h25-32H,4-24H2,1-3H3,(H,42,46)(H,47,48)(H,49,50)(H,51,52)(H,53,54)(H,55,56)(H,57,58)/t25?,26-,27+,28?,29-,30?,31?,32+,40+,41-/m1/s1. The Morgan fingerprint density at radius 3 is 1.67 bits per heavy atom. The van der Waals surface area contributed by atoms with Gasteiger partial charge in [0.25, 0.3) is 0 Å². The van der Waals surface area contributed by atoms with Gasteiger partial charge in [0.15, 0.2) is 0 Å². The Balaban J connectivity index is 1.37. The number of carbonyl (C=O) groups is 7. The first-order valence-corrected chi connectivity index (χ1v) is 21.0. The van der Waals surface area contributed by atoms with Crippen molar-refractivity contribution in [2.75, 3.05) is 52.4 Å². The van der Waals surface area contributed by atoms with Gasteiger partial charge in [-0.1, -0.05) is 20.8 Å².